The van der Waals surface area contributed by atoms with E-state index in [1.54, 1.807) is 0 Å². The van der Waals surface area contributed by atoms with Crippen molar-refractivity contribution in [2.24, 2.45) is 11.8 Å². The Balaban J connectivity index is 2.49. The van der Waals surface area contributed by atoms with Crippen LogP contribution in [0.2, 0.25) is 10.0 Å². The van der Waals surface area contributed by atoms with Crippen LogP contribution in [0.3, 0.4) is 0 Å². The number of hydrogen-bond donors (Lipinski definition) is 1. The van der Waals surface area contributed by atoms with E-state index in [2.05, 4.69) is 0 Å². The fourth-order valence-corrected chi connectivity index (χ4v) is 5.34. The van der Waals surface area contributed by atoms with Crippen molar-refractivity contribution in [2.75, 3.05) is 13.1 Å². The summed E-state index contributed by atoms with van der Waals surface area (Å²) in [5, 5.41) is 8.95. The van der Waals surface area contributed by atoms with Gasteiger partial charge in [-0.25, -0.2) is 13.2 Å². The minimum absolute atomic E-state index is 0.0686. The van der Waals surface area contributed by atoms with E-state index >= 15 is 0 Å². The first-order chi connectivity index (χ1) is 10.1. The molecular formula is C14H17Cl2NO4S. The molecular weight excluding hydrogens is 349 g/mol. The Kier molecular flexibility index (Phi) is 5.06. The molecule has 1 aliphatic heterocycles. The van der Waals surface area contributed by atoms with E-state index in [4.69, 9.17) is 28.3 Å². The third-order valence-corrected chi connectivity index (χ3v) is 6.31. The summed E-state index contributed by atoms with van der Waals surface area (Å²) in [7, 11) is -3.85. The maximum atomic E-state index is 12.8. The molecule has 122 valence electrons. The molecule has 0 spiro atoms. The summed E-state index contributed by atoms with van der Waals surface area (Å²) in [4.78, 5) is 10.9. The number of sulfonamides is 1. The molecule has 0 unspecified atom stereocenters. The van der Waals surface area contributed by atoms with Crippen molar-refractivity contribution >= 4 is 39.2 Å². The van der Waals surface area contributed by atoms with Crippen LogP contribution < -0.4 is 0 Å². The molecule has 0 aliphatic carbocycles. The highest BCUT2D eigenvalue weighted by molar-refractivity contribution is 7.89. The number of carbonyl (C=O) groups is 1. The molecule has 0 saturated carbocycles. The van der Waals surface area contributed by atoms with Crippen LogP contribution in [0.25, 0.3) is 0 Å². The zero-order chi connectivity index (χ0) is 16.7. The summed E-state index contributed by atoms with van der Waals surface area (Å²) in [6, 6.07) is 2.20. The van der Waals surface area contributed by atoms with Crippen LogP contribution in [0.4, 0.5) is 0 Å². The quantitative estimate of drug-likeness (QED) is 0.890. The van der Waals surface area contributed by atoms with Gasteiger partial charge in [0.15, 0.2) is 0 Å². The van der Waals surface area contributed by atoms with E-state index in [1.165, 1.54) is 4.31 Å². The van der Waals surface area contributed by atoms with Gasteiger partial charge in [0.05, 0.1) is 15.6 Å². The molecule has 1 fully saturated rings. The van der Waals surface area contributed by atoms with E-state index in [1.807, 2.05) is 13.8 Å². The number of halogens is 2. The summed E-state index contributed by atoms with van der Waals surface area (Å²) in [6.07, 6.45) is 0.959. The predicted octanol–water partition coefficient (Wildman–Crippen LogP) is 3.36. The molecule has 8 heteroatoms. The highest BCUT2D eigenvalue weighted by Crippen LogP contribution is 2.33. The van der Waals surface area contributed by atoms with Gasteiger partial charge >= 0.3 is 5.97 Å². The summed E-state index contributed by atoms with van der Waals surface area (Å²) < 4.78 is 26.9. The largest absolute Gasteiger partial charge is 0.478 e. The van der Waals surface area contributed by atoms with E-state index < -0.39 is 16.0 Å². The molecule has 0 aromatic heterocycles. The van der Waals surface area contributed by atoms with Gasteiger partial charge in [0, 0.05) is 13.1 Å². The molecule has 1 aliphatic rings. The summed E-state index contributed by atoms with van der Waals surface area (Å²) in [6.45, 7) is 4.77. The topological polar surface area (TPSA) is 74.7 Å². The van der Waals surface area contributed by atoms with Crippen LogP contribution in [0.5, 0.6) is 0 Å². The lowest BCUT2D eigenvalue weighted by Gasteiger charge is -2.34. The Bertz CT molecular complexity index is 695. The Morgan fingerprint density at radius 3 is 2.23 bits per heavy atom. The highest BCUT2D eigenvalue weighted by atomic mass is 35.5. The van der Waals surface area contributed by atoms with Gasteiger partial charge in [-0.1, -0.05) is 37.0 Å². The maximum Gasteiger partial charge on any atom is 0.337 e. The van der Waals surface area contributed by atoms with E-state index in [0.29, 0.717) is 13.1 Å². The van der Waals surface area contributed by atoms with Crippen LogP contribution in [-0.2, 0) is 10.0 Å². The third-order valence-electron chi connectivity index (χ3n) is 3.71. The minimum atomic E-state index is -3.85. The monoisotopic (exact) mass is 365 g/mol. The van der Waals surface area contributed by atoms with Crippen molar-refractivity contribution in [3.05, 3.63) is 27.7 Å². The van der Waals surface area contributed by atoms with Gasteiger partial charge in [-0.3, -0.25) is 0 Å². The van der Waals surface area contributed by atoms with Gasteiger partial charge in [0.2, 0.25) is 10.0 Å². The number of hydrogen-bond acceptors (Lipinski definition) is 3. The maximum absolute atomic E-state index is 12.8. The molecule has 0 amide bonds. The molecule has 1 heterocycles. The molecule has 0 radical (unpaired) electrons. The third kappa shape index (κ3) is 3.40. The van der Waals surface area contributed by atoms with Crippen molar-refractivity contribution < 1.29 is 18.3 Å². The standard InChI is InChI=1S/C14H17Cl2NO4S/c1-8-3-9(2)7-17(6-8)22(20,21)13-4-10(14(18)19)11(15)5-12(13)16/h4-5,8-9H,3,6-7H2,1-2H3,(H,18,19)/t8-,9+. The normalized spacial score (nSPS) is 23.5. The molecule has 5 nitrogen and oxygen atoms in total. The first-order valence-corrected chi connectivity index (χ1v) is 9.05. The van der Waals surface area contributed by atoms with Gasteiger partial charge in [-0.15, -0.1) is 0 Å². The van der Waals surface area contributed by atoms with Crippen LogP contribution in [0.15, 0.2) is 17.0 Å². The van der Waals surface area contributed by atoms with Crippen molar-refractivity contribution in [2.45, 2.75) is 25.2 Å². The lowest BCUT2D eigenvalue weighted by molar-refractivity contribution is 0.0697. The predicted molar refractivity (Wildman–Crippen MR) is 85.1 cm³/mol. The minimum Gasteiger partial charge on any atom is -0.478 e. The smallest absolute Gasteiger partial charge is 0.337 e. The van der Waals surface area contributed by atoms with Gasteiger partial charge in [0.25, 0.3) is 0 Å². The Hall–Kier alpha value is -0.820. The van der Waals surface area contributed by atoms with Crippen molar-refractivity contribution in [3.8, 4) is 0 Å². The van der Waals surface area contributed by atoms with Crippen molar-refractivity contribution in [3.63, 3.8) is 0 Å². The van der Waals surface area contributed by atoms with Crippen LogP contribution in [0, 0.1) is 11.8 Å². The zero-order valence-electron chi connectivity index (χ0n) is 12.2. The second-order valence-electron chi connectivity index (χ2n) is 5.84. The highest BCUT2D eigenvalue weighted by Gasteiger charge is 2.33. The number of benzene rings is 1. The average Bonchev–Trinajstić information content (AvgIpc) is 2.36. The molecule has 1 aromatic carbocycles. The molecule has 1 aromatic rings. The fourth-order valence-electron chi connectivity index (χ4n) is 2.83. The second kappa shape index (κ2) is 6.35. The van der Waals surface area contributed by atoms with Gasteiger partial charge in [-0.05, 0) is 30.4 Å². The lowest BCUT2D eigenvalue weighted by Crippen LogP contribution is -2.42. The van der Waals surface area contributed by atoms with Gasteiger partial charge in [0.1, 0.15) is 4.90 Å². The summed E-state index contributed by atoms with van der Waals surface area (Å²) in [5.41, 5.74) is -0.275. The molecule has 2 atom stereocenters. The summed E-state index contributed by atoms with van der Waals surface area (Å²) >= 11 is 11.8. The van der Waals surface area contributed by atoms with Gasteiger partial charge < -0.3 is 5.11 Å². The Labute approximate surface area is 139 Å². The molecule has 22 heavy (non-hydrogen) atoms. The molecule has 1 N–H and O–H groups in total. The Morgan fingerprint density at radius 1 is 1.18 bits per heavy atom. The molecule has 0 bridgehead atoms. The summed E-state index contributed by atoms with van der Waals surface area (Å²) in [5.74, 6) is -0.814. The fraction of sp³-hybridized carbons (Fsp3) is 0.500. The van der Waals surface area contributed by atoms with E-state index in [0.717, 1.165) is 18.6 Å². The number of carboxylic acids is 1. The average molecular weight is 366 g/mol. The molecule has 1 saturated heterocycles. The SMILES string of the molecule is C[C@@H]1C[C@H](C)CN(S(=O)(=O)c2cc(C(=O)O)c(Cl)cc2Cl)C1. The number of nitrogens with zero attached hydrogens (tertiary/aromatic N) is 1. The lowest BCUT2D eigenvalue weighted by atomic mass is 9.94. The van der Waals surface area contributed by atoms with E-state index in [9.17, 15) is 13.2 Å². The first-order valence-electron chi connectivity index (χ1n) is 6.85. The van der Waals surface area contributed by atoms with Crippen molar-refractivity contribution in [1.29, 1.82) is 0 Å². The number of carboxylic acid groups (broad SMARTS) is 1. The second-order valence-corrected chi connectivity index (χ2v) is 8.56. The molecule has 2 rings (SSSR count). The van der Waals surface area contributed by atoms with Crippen molar-refractivity contribution in [1.82, 2.24) is 4.31 Å². The number of rotatable bonds is 3. The van der Waals surface area contributed by atoms with Crippen LogP contribution in [-0.4, -0.2) is 36.9 Å². The van der Waals surface area contributed by atoms with E-state index in [-0.39, 0.29) is 32.3 Å². The van der Waals surface area contributed by atoms with Crippen LogP contribution >= 0.6 is 23.2 Å². The van der Waals surface area contributed by atoms with Gasteiger partial charge in [-0.2, -0.15) is 4.31 Å². The Morgan fingerprint density at radius 2 is 1.73 bits per heavy atom. The zero-order valence-corrected chi connectivity index (χ0v) is 14.5. The van der Waals surface area contributed by atoms with Crippen LogP contribution in [0.1, 0.15) is 30.6 Å². The number of piperidine rings is 1. The first kappa shape index (κ1) is 17.5. The number of aromatic carboxylic acids is 1.